The zero-order chi connectivity index (χ0) is 17.0. The number of nitrogens with zero attached hydrogens (tertiary/aromatic N) is 1. The molecule has 0 saturated carbocycles. The molecule has 0 radical (unpaired) electrons. The average Bonchev–Trinajstić information content (AvgIpc) is 2.78. The Labute approximate surface area is 134 Å². The van der Waals surface area contributed by atoms with Crippen LogP contribution in [0.5, 0.6) is 5.75 Å². The third kappa shape index (κ3) is 3.80. The Morgan fingerprint density at radius 3 is 2.57 bits per heavy atom. The molecule has 1 aromatic carbocycles. The highest BCUT2D eigenvalue weighted by atomic mass is 16.5. The molecule has 3 N–H and O–H groups in total. The van der Waals surface area contributed by atoms with Gasteiger partial charge in [-0.25, -0.2) is 9.59 Å². The lowest BCUT2D eigenvalue weighted by Crippen LogP contribution is -2.34. The second kappa shape index (κ2) is 6.97. The second-order valence-corrected chi connectivity index (χ2v) is 5.84. The van der Waals surface area contributed by atoms with Gasteiger partial charge in [-0.2, -0.15) is 0 Å². The van der Waals surface area contributed by atoms with E-state index in [1.807, 2.05) is 24.3 Å². The van der Waals surface area contributed by atoms with E-state index in [-0.39, 0.29) is 0 Å². The van der Waals surface area contributed by atoms with Gasteiger partial charge in [0.25, 0.3) is 0 Å². The molecule has 0 amide bonds. The van der Waals surface area contributed by atoms with Crippen molar-refractivity contribution in [3.63, 3.8) is 0 Å². The van der Waals surface area contributed by atoms with Crippen LogP contribution in [0, 0.1) is 5.92 Å². The van der Waals surface area contributed by atoms with Crippen LogP contribution in [-0.2, 0) is 15.2 Å². The molecule has 7 heteroatoms. The van der Waals surface area contributed by atoms with Crippen LogP contribution in [0.3, 0.4) is 0 Å². The monoisotopic (exact) mass is 323 g/mol. The Bertz CT molecular complexity index is 578. The molecule has 0 spiro atoms. The number of aliphatic carboxylic acids is 2. The molecule has 126 valence electrons. The predicted molar refractivity (Wildman–Crippen MR) is 81.3 cm³/mol. The Morgan fingerprint density at radius 1 is 1.30 bits per heavy atom. The fraction of sp³-hybridized carbons (Fsp3) is 0.500. The summed E-state index contributed by atoms with van der Waals surface area (Å²) in [4.78, 5) is 20.6. The molecule has 2 fully saturated rings. The molecular formula is C16H21NO6. The van der Waals surface area contributed by atoms with Crippen molar-refractivity contribution in [2.24, 2.45) is 5.92 Å². The zero-order valence-corrected chi connectivity index (χ0v) is 12.9. The molecule has 7 nitrogen and oxygen atoms in total. The number of hydrogen-bond acceptors (Lipinski definition) is 5. The topological polar surface area (TPSA) is 107 Å². The van der Waals surface area contributed by atoms with Gasteiger partial charge in [0.2, 0.25) is 0 Å². The summed E-state index contributed by atoms with van der Waals surface area (Å²) in [6.07, 6.45) is 2.33. The molecule has 2 aliphatic heterocycles. The Morgan fingerprint density at radius 2 is 2.00 bits per heavy atom. The van der Waals surface area contributed by atoms with Crippen LogP contribution in [-0.4, -0.2) is 58.9 Å². The average molecular weight is 323 g/mol. The summed E-state index contributed by atoms with van der Waals surface area (Å²) in [5.41, 5.74) is 0.330. The number of carboxylic acid groups (broad SMARTS) is 2. The van der Waals surface area contributed by atoms with Gasteiger partial charge in [-0.1, -0.05) is 12.1 Å². The maximum atomic E-state index is 11.0. The number of rotatable bonds is 2. The van der Waals surface area contributed by atoms with E-state index in [4.69, 9.17) is 24.5 Å². The van der Waals surface area contributed by atoms with Gasteiger partial charge in [0.15, 0.2) is 0 Å². The lowest BCUT2D eigenvalue weighted by Gasteiger charge is -2.29. The first-order valence-electron chi connectivity index (χ1n) is 7.42. The second-order valence-electron chi connectivity index (χ2n) is 5.84. The highest BCUT2D eigenvalue weighted by Gasteiger charge is 2.47. The van der Waals surface area contributed by atoms with Gasteiger partial charge >= 0.3 is 11.9 Å². The summed E-state index contributed by atoms with van der Waals surface area (Å²) in [6.45, 7) is 2.93. The maximum Gasteiger partial charge on any atom is 0.414 e. The van der Waals surface area contributed by atoms with Crippen LogP contribution < -0.4 is 4.74 Å². The fourth-order valence-corrected chi connectivity index (χ4v) is 3.28. The molecule has 3 rings (SSSR count). The molecule has 3 unspecified atom stereocenters. The summed E-state index contributed by atoms with van der Waals surface area (Å²) in [6, 6.07) is 7.88. The van der Waals surface area contributed by atoms with Crippen molar-refractivity contribution in [3.05, 3.63) is 29.8 Å². The molecule has 2 saturated heterocycles. The van der Waals surface area contributed by atoms with Gasteiger partial charge in [-0.3, -0.25) is 4.90 Å². The first kappa shape index (κ1) is 17.2. The van der Waals surface area contributed by atoms with E-state index in [1.54, 1.807) is 7.11 Å². The van der Waals surface area contributed by atoms with E-state index in [9.17, 15) is 5.11 Å². The largest absolute Gasteiger partial charge is 0.497 e. The molecule has 2 aliphatic rings. The summed E-state index contributed by atoms with van der Waals surface area (Å²) < 4.78 is 5.25. The van der Waals surface area contributed by atoms with Crippen LogP contribution in [0.2, 0.25) is 0 Å². The van der Waals surface area contributed by atoms with Crippen LogP contribution in [0.4, 0.5) is 0 Å². The van der Waals surface area contributed by atoms with Gasteiger partial charge < -0.3 is 20.1 Å². The quantitative estimate of drug-likeness (QED) is 0.690. The fourth-order valence-electron chi connectivity index (χ4n) is 3.28. The van der Waals surface area contributed by atoms with Gasteiger partial charge in [0.05, 0.1) is 7.11 Å². The SMILES string of the molecule is COc1cccc(C2(O)CN3CCCC2C3)c1.O=C(O)C(=O)O. The van der Waals surface area contributed by atoms with Crippen LogP contribution in [0.15, 0.2) is 24.3 Å². The minimum atomic E-state index is -1.82. The lowest BCUT2D eigenvalue weighted by molar-refractivity contribution is -0.159. The number of fused-ring (bicyclic) bond motifs is 2. The van der Waals surface area contributed by atoms with E-state index in [1.165, 1.54) is 6.42 Å². The normalized spacial score (nSPS) is 28.4. The molecule has 23 heavy (non-hydrogen) atoms. The number of ether oxygens (including phenoxy) is 1. The van der Waals surface area contributed by atoms with Crippen molar-refractivity contribution in [1.29, 1.82) is 0 Å². The van der Waals surface area contributed by atoms with E-state index < -0.39 is 17.5 Å². The standard InChI is InChI=1S/C14H19NO2.C2H2O4/c1-17-13-6-2-4-11(8-13)14(16)10-15-7-3-5-12(14)9-15;3-1(4)2(5)6/h2,4,6,8,12,16H,3,5,7,9-10H2,1H3;(H,3,4)(H,5,6). The van der Waals surface area contributed by atoms with Crippen LogP contribution in [0.25, 0.3) is 0 Å². The predicted octanol–water partition coefficient (Wildman–Crippen LogP) is 0.764. The Hall–Kier alpha value is -2.12. The van der Waals surface area contributed by atoms with Crippen molar-refractivity contribution in [1.82, 2.24) is 4.90 Å². The molecule has 0 aliphatic carbocycles. The highest BCUT2D eigenvalue weighted by molar-refractivity contribution is 6.27. The zero-order valence-electron chi connectivity index (χ0n) is 12.9. The maximum absolute atomic E-state index is 11.0. The summed E-state index contributed by atoms with van der Waals surface area (Å²) >= 11 is 0. The lowest BCUT2D eigenvalue weighted by atomic mass is 9.81. The van der Waals surface area contributed by atoms with Gasteiger partial charge in [0.1, 0.15) is 11.4 Å². The van der Waals surface area contributed by atoms with Crippen LogP contribution >= 0.6 is 0 Å². The van der Waals surface area contributed by atoms with Gasteiger partial charge in [-0.15, -0.1) is 0 Å². The first-order valence-corrected chi connectivity index (χ1v) is 7.42. The van der Waals surface area contributed by atoms with Crippen molar-refractivity contribution in [2.45, 2.75) is 18.4 Å². The van der Waals surface area contributed by atoms with E-state index >= 15 is 0 Å². The van der Waals surface area contributed by atoms with Crippen LogP contribution in [0.1, 0.15) is 18.4 Å². The number of carbonyl (C=O) groups is 2. The number of hydrogen-bond donors (Lipinski definition) is 3. The minimum Gasteiger partial charge on any atom is -0.497 e. The number of aliphatic hydroxyl groups is 1. The number of methoxy groups -OCH3 is 1. The minimum absolute atomic E-state index is 0.378. The summed E-state index contributed by atoms with van der Waals surface area (Å²) in [5.74, 6) is -2.44. The molecule has 1 aromatic rings. The Balaban J connectivity index is 0.000000277. The van der Waals surface area contributed by atoms with E-state index in [0.29, 0.717) is 5.92 Å². The molecule has 2 heterocycles. The molecule has 2 bridgehead atoms. The summed E-state index contributed by atoms with van der Waals surface area (Å²) in [7, 11) is 1.67. The van der Waals surface area contributed by atoms with E-state index in [0.717, 1.165) is 37.4 Å². The van der Waals surface area contributed by atoms with Gasteiger partial charge in [0, 0.05) is 19.0 Å². The molecule has 0 aromatic heterocycles. The third-order valence-corrected chi connectivity index (χ3v) is 4.40. The number of carboxylic acids is 2. The van der Waals surface area contributed by atoms with Crippen molar-refractivity contribution >= 4 is 11.9 Å². The summed E-state index contributed by atoms with van der Waals surface area (Å²) in [5, 5.41) is 25.7. The van der Waals surface area contributed by atoms with E-state index in [2.05, 4.69) is 4.90 Å². The third-order valence-electron chi connectivity index (χ3n) is 4.40. The smallest absolute Gasteiger partial charge is 0.414 e. The molecule has 3 atom stereocenters. The molecular weight excluding hydrogens is 302 g/mol. The van der Waals surface area contributed by atoms with Crippen molar-refractivity contribution in [2.75, 3.05) is 26.7 Å². The number of piperidine rings is 1. The van der Waals surface area contributed by atoms with Crippen molar-refractivity contribution < 1.29 is 29.6 Å². The highest BCUT2D eigenvalue weighted by Crippen LogP contribution is 2.42. The number of benzene rings is 1. The first-order chi connectivity index (χ1) is 10.9. The van der Waals surface area contributed by atoms with Crippen molar-refractivity contribution in [3.8, 4) is 5.75 Å². The van der Waals surface area contributed by atoms with Gasteiger partial charge in [-0.05, 0) is 37.1 Å². The Kier molecular flexibility index (Phi) is 5.23.